The molecule has 0 aliphatic carbocycles. The van der Waals surface area contributed by atoms with Crippen molar-refractivity contribution in [3.05, 3.63) is 88.0 Å². The van der Waals surface area contributed by atoms with Gasteiger partial charge in [-0.2, -0.15) is 0 Å². The number of rotatable bonds is 4. The Kier molecular flexibility index (Phi) is 4.76. The molecule has 0 saturated heterocycles. The number of carbonyl (C=O) groups is 1. The molecular weight excluding hydrogens is 364 g/mol. The van der Waals surface area contributed by atoms with Crippen LogP contribution in [0.4, 0.5) is 5.69 Å². The van der Waals surface area contributed by atoms with Crippen LogP contribution in [0.2, 0.25) is 0 Å². The van der Waals surface area contributed by atoms with Gasteiger partial charge in [-0.25, -0.2) is 14.3 Å². The molecule has 0 bridgehead atoms. The molecule has 0 fully saturated rings. The molecule has 4 rings (SSSR count). The van der Waals surface area contributed by atoms with Gasteiger partial charge in [0.2, 0.25) is 5.91 Å². The maximum Gasteiger partial charge on any atom is 0.335 e. The topological polar surface area (TPSA) is 68.9 Å². The average molecular weight is 386 g/mol. The third kappa shape index (κ3) is 3.57. The Morgan fingerprint density at radius 2 is 1.72 bits per heavy atom. The monoisotopic (exact) mass is 386 g/mol. The molecule has 6 nitrogen and oxygen atoms in total. The van der Waals surface area contributed by atoms with Crippen LogP contribution in [0.5, 0.6) is 0 Å². The van der Waals surface area contributed by atoms with Crippen molar-refractivity contribution >= 4 is 22.8 Å². The van der Waals surface area contributed by atoms with Crippen LogP contribution in [-0.4, -0.2) is 20.0 Å². The number of imidazole rings is 1. The number of aryl methyl sites for hydroxylation is 3. The molecule has 0 atom stereocenters. The van der Waals surface area contributed by atoms with Gasteiger partial charge in [-0.3, -0.25) is 9.36 Å². The van der Waals surface area contributed by atoms with Crippen molar-refractivity contribution in [1.29, 1.82) is 0 Å². The van der Waals surface area contributed by atoms with E-state index in [1.165, 1.54) is 4.57 Å². The smallest absolute Gasteiger partial charge is 0.324 e. The van der Waals surface area contributed by atoms with Crippen LogP contribution in [0.3, 0.4) is 0 Å². The molecule has 0 unspecified atom stereocenters. The molecule has 1 N–H and O–H groups in total. The fourth-order valence-corrected chi connectivity index (χ4v) is 3.45. The van der Waals surface area contributed by atoms with E-state index in [4.69, 9.17) is 0 Å². The minimum Gasteiger partial charge on any atom is -0.324 e. The quantitative estimate of drug-likeness (QED) is 0.581. The largest absolute Gasteiger partial charge is 0.335 e. The lowest BCUT2D eigenvalue weighted by Crippen LogP contribution is -2.29. The number of anilines is 1. The van der Waals surface area contributed by atoms with Gasteiger partial charge in [0.25, 0.3) is 0 Å². The lowest BCUT2D eigenvalue weighted by Gasteiger charge is -2.09. The fourth-order valence-electron chi connectivity index (χ4n) is 3.45. The van der Waals surface area contributed by atoms with Crippen molar-refractivity contribution in [3.63, 3.8) is 0 Å². The average Bonchev–Trinajstić information content (AvgIpc) is 2.97. The fraction of sp³-hybridized carbons (Fsp3) is 0.174. The van der Waals surface area contributed by atoms with E-state index in [-0.39, 0.29) is 18.1 Å². The van der Waals surface area contributed by atoms with Crippen LogP contribution in [0.1, 0.15) is 16.7 Å². The maximum absolute atomic E-state index is 13.2. The minimum absolute atomic E-state index is 0.0901. The molecule has 146 valence electrons. The summed E-state index contributed by atoms with van der Waals surface area (Å²) >= 11 is 0. The number of nitrogens with one attached hydrogen (secondary N) is 1. The van der Waals surface area contributed by atoms with E-state index in [1.54, 1.807) is 22.9 Å². The first kappa shape index (κ1) is 18.7. The number of amides is 1. The van der Waals surface area contributed by atoms with Crippen LogP contribution >= 0.6 is 0 Å². The lowest BCUT2D eigenvalue weighted by molar-refractivity contribution is -0.116. The zero-order valence-electron chi connectivity index (χ0n) is 16.6. The van der Waals surface area contributed by atoms with Gasteiger partial charge in [0.15, 0.2) is 5.65 Å². The third-order valence-corrected chi connectivity index (χ3v) is 4.94. The van der Waals surface area contributed by atoms with Gasteiger partial charge in [0.1, 0.15) is 6.54 Å². The number of nitrogens with zero attached hydrogens (tertiary/aromatic N) is 3. The van der Waals surface area contributed by atoms with E-state index >= 15 is 0 Å². The van der Waals surface area contributed by atoms with E-state index in [9.17, 15) is 9.59 Å². The highest BCUT2D eigenvalue weighted by molar-refractivity contribution is 5.92. The van der Waals surface area contributed by atoms with Gasteiger partial charge in [-0.05, 0) is 56.7 Å². The molecule has 2 heterocycles. The second-order valence-corrected chi connectivity index (χ2v) is 7.25. The van der Waals surface area contributed by atoms with E-state index in [0.717, 1.165) is 28.1 Å². The summed E-state index contributed by atoms with van der Waals surface area (Å²) in [6.45, 7) is 5.85. The Bertz CT molecular complexity index is 1270. The van der Waals surface area contributed by atoms with Gasteiger partial charge in [-0.1, -0.05) is 35.4 Å². The van der Waals surface area contributed by atoms with Crippen molar-refractivity contribution in [2.75, 3.05) is 5.32 Å². The summed E-state index contributed by atoms with van der Waals surface area (Å²) in [5, 5.41) is 2.91. The Hall–Kier alpha value is -3.67. The van der Waals surface area contributed by atoms with Crippen LogP contribution < -0.4 is 11.0 Å². The Balaban J connectivity index is 1.72. The molecule has 0 saturated carbocycles. The summed E-state index contributed by atoms with van der Waals surface area (Å²) in [5.74, 6) is -0.258. The van der Waals surface area contributed by atoms with Crippen molar-refractivity contribution in [3.8, 4) is 5.69 Å². The third-order valence-electron chi connectivity index (χ3n) is 4.94. The molecule has 1 amide bonds. The van der Waals surface area contributed by atoms with Gasteiger partial charge < -0.3 is 5.32 Å². The summed E-state index contributed by atoms with van der Waals surface area (Å²) in [7, 11) is 0. The standard InChI is InChI=1S/C23H22N4O2/c1-15-6-9-18(10-7-15)27-22-20(5-4-12-24-22)26(23(27)29)14-21(28)25-19-11-8-16(2)13-17(19)3/h4-13H,14H2,1-3H3,(H,25,28). The van der Waals surface area contributed by atoms with Crippen molar-refractivity contribution in [2.45, 2.75) is 27.3 Å². The zero-order valence-corrected chi connectivity index (χ0v) is 16.6. The number of fused-ring (bicyclic) bond motifs is 1. The van der Waals surface area contributed by atoms with Crippen LogP contribution in [0, 0.1) is 20.8 Å². The number of aromatic nitrogens is 3. The normalized spacial score (nSPS) is 11.0. The molecule has 4 aromatic rings. The van der Waals surface area contributed by atoms with Gasteiger partial charge in [-0.15, -0.1) is 0 Å². The molecule has 6 heteroatoms. The summed E-state index contributed by atoms with van der Waals surface area (Å²) in [6, 6.07) is 17.1. The molecule has 29 heavy (non-hydrogen) atoms. The number of carbonyl (C=O) groups excluding carboxylic acids is 1. The predicted octanol–water partition coefficient (Wildman–Crippen LogP) is 3.75. The first-order valence-electron chi connectivity index (χ1n) is 9.44. The van der Waals surface area contributed by atoms with Crippen molar-refractivity contribution in [2.24, 2.45) is 0 Å². The first-order chi connectivity index (χ1) is 13.9. The lowest BCUT2D eigenvalue weighted by atomic mass is 10.1. The molecule has 2 aromatic heterocycles. The van der Waals surface area contributed by atoms with E-state index in [1.807, 2.05) is 63.2 Å². The summed E-state index contributed by atoms with van der Waals surface area (Å²) in [4.78, 5) is 30.3. The second kappa shape index (κ2) is 7.39. The van der Waals surface area contributed by atoms with Crippen molar-refractivity contribution in [1.82, 2.24) is 14.1 Å². The highest BCUT2D eigenvalue weighted by Crippen LogP contribution is 2.18. The summed E-state index contributed by atoms with van der Waals surface area (Å²) in [5.41, 5.74) is 5.53. The molecule has 2 aromatic carbocycles. The molecule has 0 aliphatic heterocycles. The van der Waals surface area contributed by atoms with Gasteiger partial charge in [0, 0.05) is 11.9 Å². The van der Waals surface area contributed by atoms with E-state index in [0.29, 0.717) is 11.2 Å². The molecular formula is C23H22N4O2. The Labute approximate surface area is 168 Å². The Morgan fingerprint density at radius 1 is 1.00 bits per heavy atom. The van der Waals surface area contributed by atoms with E-state index in [2.05, 4.69) is 10.3 Å². The zero-order chi connectivity index (χ0) is 20.5. The van der Waals surface area contributed by atoms with Gasteiger partial charge in [0.05, 0.1) is 11.2 Å². The molecule has 0 radical (unpaired) electrons. The van der Waals surface area contributed by atoms with Crippen LogP contribution in [0.25, 0.3) is 16.9 Å². The van der Waals surface area contributed by atoms with Crippen LogP contribution in [-0.2, 0) is 11.3 Å². The molecule has 0 spiro atoms. The van der Waals surface area contributed by atoms with Gasteiger partial charge >= 0.3 is 5.69 Å². The Morgan fingerprint density at radius 3 is 2.45 bits per heavy atom. The first-order valence-corrected chi connectivity index (χ1v) is 9.44. The highest BCUT2D eigenvalue weighted by Gasteiger charge is 2.18. The summed E-state index contributed by atoms with van der Waals surface area (Å²) < 4.78 is 3.00. The second-order valence-electron chi connectivity index (χ2n) is 7.25. The molecule has 0 aliphatic rings. The van der Waals surface area contributed by atoms with E-state index < -0.39 is 0 Å². The van der Waals surface area contributed by atoms with Crippen molar-refractivity contribution < 1.29 is 4.79 Å². The number of pyridine rings is 1. The maximum atomic E-state index is 13.2. The van der Waals surface area contributed by atoms with Crippen LogP contribution in [0.15, 0.2) is 65.6 Å². The number of hydrogen-bond acceptors (Lipinski definition) is 3. The minimum atomic E-state index is -0.293. The predicted molar refractivity (Wildman–Crippen MR) is 115 cm³/mol. The summed E-state index contributed by atoms with van der Waals surface area (Å²) in [6.07, 6.45) is 1.65. The SMILES string of the molecule is Cc1ccc(-n2c(=O)n(CC(=O)Nc3ccc(C)cc3C)c3cccnc32)cc1. The number of benzene rings is 2. The highest BCUT2D eigenvalue weighted by atomic mass is 16.2. The number of hydrogen-bond donors (Lipinski definition) is 1.